The Kier molecular flexibility index (Phi) is 5.18. The number of thiophene rings is 1. The molecule has 1 aromatic heterocycles. The molecular formula is C18H23NOS. The third kappa shape index (κ3) is 3.73. The minimum atomic E-state index is 0.148. The molecule has 1 atom stereocenters. The quantitative estimate of drug-likeness (QED) is 0.776. The molecule has 1 amide bonds. The van der Waals surface area contributed by atoms with E-state index in [-0.39, 0.29) is 11.9 Å². The molecule has 0 spiro atoms. The molecule has 2 nitrogen and oxygen atoms in total. The largest absolute Gasteiger partial charge is 0.332 e. The summed E-state index contributed by atoms with van der Waals surface area (Å²) < 4.78 is 0. The van der Waals surface area contributed by atoms with Gasteiger partial charge in [0.05, 0.1) is 5.56 Å². The van der Waals surface area contributed by atoms with E-state index in [0.717, 1.165) is 16.9 Å². The van der Waals surface area contributed by atoms with E-state index in [2.05, 4.69) is 32.9 Å². The van der Waals surface area contributed by atoms with Crippen LogP contribution in [-0.2, 0) is 6.54 Å². The van der Waals surface area contributed by atoms with Gasteiger partial charge in [-0.05, 0) is 38.8 Å². The van der Waals surface area contributed by atoms with E-state index in [9.17, 15) is 4.79 Å². The molecule has 3 heteroatoms. The van der Waals surface area contributed by atoms with Crippen molar-refractivity contribution in [1.29, 1.82) is 0 Å². The Morgan fingerprint density at radius 1 is 1.24 bits per heavy atom. The number of hydrogen-bond donors (Lipinski definition) is 0. The highest BCUT2D eigenvalue weighted by molar-refractivity contribution is 7.12. The SMILES string of the molecule is CCC(C)N(Cc1ccccc1)C(=O)c1cc(C)sc1C. The topological polar surface area (TPSA) is 20.3 Å². The highest BCUT2D eigenvalue weighted by Gasteiger charge is 2.23. The average molecular weight is 301 g/mol. The molecule has 0 N–H and O–H groups in total. The maximum Gasteiger partial charge on any atom is 0.255 e. The second-order valence-electron chi connectivity index (χ2n) is 5.50. The van der Waals surface area contributed by atoms with E-state index >= 15 is 0 Å². The molecule has 1 heterocycles. The Morgan fingerprint density at radius 3 is 2.43 bits per heavy atom. The number of carbonyl (C=O) groups excluding carboxylic acids is 1. The summed E-state index contributed by atoms with van der Waals surface area (Å²) >= 11 is 1.69. The van der Waals surface area contributed by atoms with Gasteiger partial charge >= 0.3 is 0 Å². The predicted molar refractivity (Wildman–Crippen MR) is 89.9 cm³/mol. The fraction of sp³-hybridized carbons (Fsp3) is 0.389. The van der Waals surface area contributed by atoms with Crippen LogP contribution in [0.5, 0.6) is 0 Å². The molecule has 0 aliphatic heterocycles. The lowest BCUT2D eigenvalue weighted by Gasteiger charge is -2.29. The molecule has 1 unspecified atom stereocenters. The van der Waals surface area contributed by atoms with Gasteiger partial charge in [-0.3, -0.25) is 4.79 Å². The van der Waals surface area contributed by atoms with Crippen LogP contribution in [0.25, 0.3) is 0 Å². The maximum atomic E-state index is 12.9. The van der Waals surface area contributed by atoms with Crippen molar-refractivity contribution in [3.63, 3.8) is 0 Å². The summed E-state index contributed by atoms with van der Waals surface area (Å²) in [4.78, 5) is 17.2. The third-order valence-corrected chi connectivity index (χ3v) is 4.82. The summed E-state index contributed by atoms with van der Waals surface area (Å²) in [5.41, 5.74) is 2.03. The molecule has 1 aromatic carbocycles. The minimum absolute atomic E-state index is 0.148. The van der Waals surface area contributed by atoms with Crippen molar-refractivity contribution in [2.24, 2.45) is 0 Å². The Labute approximate surface area is 131 Å². The monoisotopic (exact) mass is 301 g/mol. The Morgan fingerprint density at radius 2 is 1.90 bits per heavy atom. The number of benzene rings is 1. The lowest BCUT2D eigenvalue weighted by molar-refractivity contribution is 0.0671. The number of carbonyl (C=O) groups is 1. The zero-order valence-electron chi connectivity index (χ0n) is 13.2. The predicted octanol–water partition coefficient (Wildman–Crippen LogP) is 4.81. The van der Waals surface area contributed by atoms with Crippen LogP contribution < -0.4 is 0 Å². The molecule has 2 aromatic rings. The second-order valence-corrected chi connectivity index (χ2v) is 6.96. The van der Waals surface area contributed by atoms with Crippen molar-refractivity contribution in [2.45, 2.75) is 46.7 Å². The van der Waals surface area contributed by atoms with E-state index in [1.54, 1.807) is 11.3 Å². The molecular weight excluding hydrogens is 278 g/mol. The van der Waals surface area contributed by atoms with Gasteiger partial charge in [0.1, 0.15) is 0 Å². The smallest absolute Gasteiger partial charge is 0.255 e. The van der Waals surface area contributed by atoms with Gasteiger partial charge in [-0.2, -0.15) is 0 Å². The summed E-state index contributed by atoms with van der Waals surface area (Å²) in [5, 5.41) is 0. The van der Waals surface area contributed by atoms with E-state index in [0.29, 0.717) is 6.54 Å². The van der Waals surface area contributed by atoms with E-state index in [1.165, 1.54) is 10.4 Å². The Bertz CT molecular complexity index is 603. The van der Waals surface area contributed by atoms with Crippen LogP contribution in [0.15, 0.2) is 36.4 Å². The van der Waals surface area contributed by atoms with Crippen molar-refractivity contribution >= 4 is 17.2 Å². The van der Waals surface area contributed by atoms with E-state index in [1.807, 2.05) is 36.1 Å². The zero-order valence-corrected chi connectivity index (χ0v) is 14.0. The highest BCUT2D eigenvalue weighted by Crippen LogP contribution is 2.24. The average Bonchev–Trinajstić information content (AvgIpc) is 2.83. The van der Waals surface area contributed by atoms with Crippen LogP contribution in [0.1, 0.15) is 45.9 Å². The molecule has 0 aliphatic rings. The van der Waals surface area contributed by atoms with Crippen molar-refractivity contribution < 1.29 is 4.79 Å². The first kappa shape index (κ1) is 15.8. The van der Waals surface area contributed by atoms with Crippen molar-refractivity contribution in [2.75, 3.05) is 0 Å². The molecule has 0 fully saturated rings. The molecule has 2 rings (SSSR count). The highest BCUT2D eigenvalue weighted by atomic mass is 32.1. The van der Waals surface area contributed by atoms with Crippen LogP contribution in [0.2, 0.25) is 0 Å². The first-order valence-electron chi connectivity index (χ1n) is 7.44. The normalized spacial score (nSPS) is 12.2. The van der Waals surface area contributed by atoms with E-state index in [4.69, 9.17) is 0 Å². The lowest BCUT2D eigenvalue weighted by atomic mass is 10.1. The Balaban J connectivity index is 2.28. The molecule has 112 valence electrons. The van der Waals surface area contributed by atoms with Gasteiger partial charge in [0.25, 0.3) is 5.91 Å². The van der Waals surface area contributed by atoms with Gasteiger partial charge < -0.3 is 4.90 Å². The van der Waals surface area contributed by atoms with Gasteiger partial charge in [-0.25, -0.2) is 0 Å². The molecule has 0 radical (unpaired) electrons. The maximum absolute atomic E-state index is 12.9. The van der Waals surface area contributed by atoms with Crippen molar-refractivity contribution in [1.82, 2.24) is 4.90 Å². The van der Waals surface area contributed by atoms with Gasteiger partial charge in [-0.1, -0.05) is 37.3 Å². The first-order valence-corrected chi connectivity index (χ1v) is 8.26. The van der Waals surface area contributed by atoms with E-state index < -0.39 is 0 Å². The van der Waals surface area contributed by atoms with Gasteiger partial charge in [0, 0.05) is 22.3 Å². The summed E-state index contributed by atoms with van der Waals surface area (Å²) in [7, 11) is 0. The van der Waals surface area contributed by atoms with Crippen molar-refractivity contribution in [3.05, 3.63) is 57.3 Å². The number of rotatable bonds is 5. The third-order valence-electron chi connectivity index (χ3n) is 3.85. The number of aryl methyl sites for hydroxylation is 2. The summed E-state index contributed by atoms with van der Waals surface area (Å²) in [5.74, 6) is 0.148. The van der Waals surface area contributed by atoms with Crippen LogP contribution in [0, 0.1) is 13.8 Å². The summed E-state index contributed by atoms with van der Waals surface area (Å²) in [6, 6.07) is 12.5. The van der Waals surface area contributed by atoms with Gasteiger partial charge in [0.2, 0.25) is 0 Å². The minimum Gasteiger partial charge on any atom is -0.332 e. The zero-order chi connectivity index (χ0) is 15.4. The molecule has 0 saturated heterocycles. The van der Waals surface area contributed by atoms with Crippen LogP contribution in [0.3, 0.4) is 0 Å². The Hall–Kier alpha value is -1.61. The number of amides is 1. The standard InChI is InChI=1S/C18H23NOS/c1-5-13(2)19(12-16-9-7-6-8-10-16)18(20)17-11-14(3)21-15(17)4/h6-11,13H,5,12H2,1-4H3. The molecule has 0 bridgehead atoms. The molecule has 21 heavy (non-hydrogen) atoms. The number of hydrogen-bond acceptors (Lipinski definition) is 2. The fourth-order valence-corrected chi connectivity index (χ4v) is 3.34. The summed E-state index contributed by atoms with van der Waals surface area (Å²) in [6.07, 6.45) is 0.959. The lowest BCUT2D eigenvalue weighted by Crippen LogP contribution is -2.37. The van der Waals surface area contributed by atoms with Gasteiger partial charge in [-0.15, -0.1) is 11.3 Å². The first-order chi connectivity index (χ1) is 10.0. The fourth-order valence-electron chi connectivity index (χ4n) is 2.43. The van der Waals surface area contributed by atoms with Gasteiger partial charge in [0.15, 0.2) is 0 Å². The van der Waals surface area contributed by atoms with Crippen LogP contribution in [0.4, 0.5) is 0 Å². The molecule has 0 saturated carbocycles. The van der Waals surface area contributed by atoms with Crippen molar-refractivity contribution in [3.8, 4) is 0 Å². The molecule has 0 aliphatic carbocycles. The van der Waals surface area contributed by atoms with Crippen LogP contribution in [-0.4, -0.2) is 16.8 Å². The summed E-state index contributed by atoms with van der Waals surface area (Å²) in [6.45, 7) is 9.00. The second kappa shape index (κ2) is 6.90. The van der Waals surface area contributed by atoms with Crippen LogP contribution >= 0.6 is 11.3 Å². The number of nitrogens with zero attached hydrogens (tertiary/aromatic N) is 1.